The van der Waals surface area contributed by atoms with Crippen LogP contribution in [0.3, 0.4) is 0 Å². The maximum atomic E-state index is 12.8. The first-order valence-electron chi connectivity index (χ1n) is 11.1. The van der Waals surface area contributed by atoms with Crippen LogP contribution >= 0.6 is 0 Å². The summed E-state index contributed by atoms with van der Waals surface area (Å²) in [6.45, 7) is 11.1. The van der Waals surface area contributed by atoms with Crippen molar-refractivity contribution in [3.63, 3.8) is 0 Å². The Bertz CT molecular complexity index is 681. The van der Waals surface area contributed by atoms with Gasteiger partial charge in [0.05, 0.1) is 6.10 Å². The lowest BCUT2D eigenvalue weighted by Crippen LogP contribution is -2.60. The smallest absolute Gasteiger partial charge is 0.155 e. The molecule has 0 aromatic heterocycles. The van der Waals surface area contributed by atoms with Crippen LogP contribution in [-0.2, 0) is 9.59 Å². The van der Waals surface area contributed by atoms with Gasteiger partial charge in [0.2, 0.25) is 0 Å². The first kappa shape index (κ1) is 19.4. The average molecular weight is 373 g/mol. The first-order chi connectivity index (χ1) is 12.6. The summed E-state index contributed by atoms with van der Waals surface area (Å²) in [7, 11) is 0. The van der Waals surface area contributed by atoms with Crippen LogP contribution < -0.4 is 0 Å². The summed E-state index contributed by atoms with van der Waals surface area (Å²) in [6, 6.07) is 0. The van der Waals surface area contributed by atoms with Gasteiger partial charge in [-0.3, -0.25) is 9.59 Å². The van der Waals surface area contributed by atoms with Gasteiger partial charge in [0, 0.05) is 18.8 Å². The zero-order chi connectivity index (χ0) is 19.7. The molecule has 0 aromatic carbocycles. The Balaban J connectivity index is 1.76. The molecule has 0 aromatic rings. The summed E-state index contributed by atoms with van der Waals surface area (Å²) in [4.78, 5) is 24.9. The number of hydrogen-bond acceptors (Lipinski definition) is 3. The topological polar surface area (TPSA) is 54.4 Å². The quantitative estimate of drug-likeness (QED) is 0.780. The van der Waals surface area contributed by atoms with Gasteiger partial charge in [-0.2, -0.15) is 0 Å². The fourth-order valence-electron chi connectivity index (χ4n) is 8.50. The number of fused-ring (bicyclic) bond motifs is 5. The van der Waals surface area contributed by atoms with Crippen LogP contribution in [-0.4, -0.2) is 22.8 Å². The van der Waals surface area contributed by atoms with Gasteiger partial charge in [-0.25, -0.2) is 0 Å². The summed E-state index contributed by atoms with van der Waals surface area (Å²) >= 11 is 0. The van der Waals surface area contributed by atoms with Crippen molar-refractivity contribution in [2.24, 2.45) is 52.3 Å². The fourth-order valence-corrected chi connectivity index (χ4v) is 8.50. The minimum atomic E-state index is -0.383. The van der Waals surface area contributed by atoms with Crippen LogP contribution in [0, 0.1) is 52.3 Å². The zero-order valence-corrected chi connectivity index (χ0v) is 17.6. The second kappa shape index (κ2) is 6.27. The maximum Gasteiger partial charge on any atom is 0.155 e. The summed E-state index contributed by atoms with van der Waals surface area (Å²) < 4.78 is 0. The number of hydrogen-bond donors (Lipinski definition) is 1. The molecule has 150 valence electrons. The molecule has 3 fully saturated rings. The Morgan fingerprint density at radius 1 is 1.19 bits per heavy atom. The Labute approximate surface area is 164 Å². The van der Waals surface area contributed by atoms with Crippen LogP contribution in [0.25, 0.3) is 0 Å². The molecule has 4 aliphatic rings. The van der Waals surface area contributed by atoms with Crippen molar-refractivity contribution in [1.29, 1.82) is 0 Å². The standard InChI is InChI=1S/C24H36O3/c1-6-19(26)21-14(3)10-18-16-9-13(2)17-11-15(25)7-8-23(17,4)22(16)20(27)12-24(18,21)5/h7-8,13-14,16-18,20-22,27H,6,9-12H2,1-5H3/t13-,14+,16?,17?,18?,20-,21?,22?,23-,24-/m0/s1. The molecule has 3 nitrogen and oxygen atoms in total. The number of carbonyl (C=O) groups is 2. The van der Waals surface area contributed by atoms with Gasteiger partial charge >= 0.3 is 0 Å². The highest BCUT2D eigenvalue weighted by molar-refractivity contribution is 5.91. The molecule has 0 spiro atoms. The van der Waals surface area contributed by atoms with Crippen molar-refractivity contribution >= 4 is 11.6 Å². The maximum absolute atomic E-state index is 12.8. The SMILES string of the molecule is CCC(=O)C1[C@H](C)CC2C3C[C@H](C)C4CC(=O)C=C[C@]4(C)C3[C@@H](O)C[C@@]21C. The van der Waals surface area contributed by atoms with E-state index in [9.17, 15) is 14.7 Å². The predicted molar refractivity (Wildman–Crippen MR) is 106 cm³/mol. The van der Waals surface area contributed by atoms with E-state index in [4.69, 9.17) is 0 Å². The Morgan fingerprint density at radius 2 is 1.89 bits per heavy atom. The number of ketones is 2. The van der Waals surface area contributed by atoms with Crippen molar-refractivity contribution in [3.8, 4) is 0 Å². The monoisotopic (exact) mass is 372 g/mol. The van der Waals surface area contributed by atoms with E-state index < -0.39 is 0 Å². The second-order valence-corrected chi connectivity index (χ2v) is 10.8. The summed E-state index contributed by atoms with van der Waals surface area (Å²) in [5.74, 6) is 3.10. The minimum Gasteiger partial charge on any atom is -0.393 e. The third kappa shape index (κ3) is 2.56. The normalized spacial score (nSPS) is 54.2. The molecule has 10 atom stereocenters. The van der Waals surface area contributed by atoms with Gasteiger partial charge in [0.1, 0.15) is 5.78 Å². The van der Waals surface area contributed by atoms with Crippen molar-refractivity contribution < 1.29 is 14.7 Å². The third-order valence-corrected chi connectivity index (χ3v) is 9.39. The van der Waals surface area contributed by atoms with Crippen molar-refractivity contribution in [3.05, 3.63) is 12.2 Å². The third-order valence-electron chi connectivity index (χ3n) is 9.39. The summed E-state index contributed by atoms with van der Waals surface area (Å²) in [5, 5.41) is 11.4. The molecule has 0 aliphatic heterocycles. The molecule has 0 saturated heterocycles. The molecule has 0 amide bonds. The van der Waals surface area contributed by atoms with E-state index in [1.807, 2.05) is 6.92 Å². The highest BCUT2D eigenvalue weighted by Gasteiger charge is 2.65. The number of allylic oxidation sites excluding steroid dienone is 2. The number of aliphatic hydroxyl groups excluding tert-OH is 1. The molecule has 0 radical (unpaired) electrons. The lowest BCUT2D eigenvalue weighted by atomic mass is 9.43. The molecule has 1 N–H and O–H groups in total. The highest BCUT2D eigenvalue weighted by atomic mass is 16.3. The van der Waals surface area contributed by atoms with Crippen LogP contribution in [0.2, 0.25) is 0 Å². The largest absolute Gasteiger partial charge is 0.393 e. The number of aliphatic hydroxyl groups is 1. The molecule has 4 aliphatic carbocycles. The van der Waals surface area contributed by atoms with Crippen LogP contribution in [0.5, 0.6) is 0 Å². The van der Waals surface area contributed by atoms with E-state index in [1.165, 1.54) is 0 Å². The molecule has 0 bridgehead atoms. The number of rotatable bonds is 2. The molecule has 3 saturated carbocycles. The van der Waals surface area contributed by atoms with Gasteiger partial charge in [-0.15, -0.1) is 0 Å². The van der Waals surface area contributed by atoms with Gasteiger partial charge in [-0.1, -0.05) is 40.7 Å². The Hall–Kier alpha value is -0.960. The van der Waals surface area contributed by atoms with Gasteiger partial charge in [0.25, 0.3) is 0 Å². The molecule has 4 rings (SSSR count). The number of carbonyl (C=O) groups excluding carboxylic acids is 2. The minimum absolute atomic E-state index is 0.0792. The van der Waals surface area contributed by atoms with E-state index in [0.717, 1.165) is 19.3 Å². The summed E-state index contributed by atoms with van der Waals surface area (Å²) in [5.41, 5.74) is -0.183. The van der Waals surface area contributed by atoms with Crippen LogP contribution in [0.15, 0.2) is 12.2 Å². The Kier molecular flexibility index (Phi) is 4.50. The lowest BCUT2D eigenvalue weighted by molar-refractivity contribution is -0.165. The van der Waals surface area contributed by atoms with E-state index in [0.29, 0.717) is 48.2 Å². The van der Waals surface area contributed by atoms with E-state index in [1.54, 1.807) is 6.08 Å². The van der Waals surface area contributed by atoms with Crippen LogP contribution in [0.4, 0.5) is 0 Å². The molecule has 3 heteroatoms. The molecular formula is C24H36O3. The average Bonchev–Trinajstić information content (AvgIpc) is 2.85. The van der Waals surface area contributed by atoms with E-state index >= 15 is 0 Å². The first-order valence-corrected chi connectivity index (χ1v) is 11.1. The van der Waals surface area contributed by atoms with E-state index in [-0.39, 0.29) is 34.6 Å². The lowest BCUT2D eigenvalue weighted by Gasteiger charge is -2.62. The van der Waals surface area contributed by atoms with Crippen molar-refractivity contribution in [2.45, 2.75) is 72.8 Å². The fraction of sp³-hybridized carbons (Fsp3) is 0.833. The van der Waals surface area contributed by atoms with Crippen molar-refractivity contribution in [1.82, 2.24) is 0 Å². The second-order valence-electron chi connectivity index (χ2n) is 10.8. The van der Waals surface area contributed by atoms with Crippen LogP contribution in [0.1, 0.15) is 66.7 Å². The zero-order valence-electron chi connectivity index (χ0n) is 17.6. The number of Topliss-reactive ketones (excluding diaryl/α,β-unsaturated/α-hetero) is 1. The molecule has 27 heavy (non-hydrogen) atoms. The molecular weight excluding hydrogens is 336 g/mol. The summed E-state index contributed by atoms with van der Waals surface area (Å²) in [6.07, 6.45) is 7.68. The molecule has 0 heterocycles. The predicted octanol–water partition coefficient (Wildman–Crippen LogP) is 4.43. The van der Waals surface area contributed by atoms with Crippen molar-refractivity contribution in [2.75, 3.05) is 0 Å². The van der Waals surface area contributed by atoms with Gasteiger partial charge in [-0.05, 0) is 71.7 Å². The van der Waals surface area contributed by atoms with E-state index in [2.05, 4.69) is 33.8 Å². The molecule has 5 unspecified atom stereocenters. The van der Waals surface area contributed by atoms with Gasteiger partial charge < -0.3 is 5.11 Å². The van der Waals surface area contributed by atoms with Gasteiger partial charge in [0.15, 0.2) is 5.78 Å². The Morgan fingerprint density at radius 3 is 2.56 bits per heavy atom. The highest BCUT2D eigenvalue weighted by Crippen LogP contribution is 2.68.